The number of pyridine rings is 2. The summed E-state index contributed by atoms with van der Waals surface area (Å²) < 4.78 is 0. The summed E-state index contributed by atoms with van der Waals surface area (Å²) in [5, 5.41) is 13.1. The van der Waals surface area contributed by atoms with Gasteiger partial charge in [0.1, 0.15) is 0 Å². The molecule has 1 atom stereocenters. The molecule has 3 heterocycles. The van der Waals surface area contributed by atoms with Gasteiger partial charge in [-0.25, -0.2) is 4.98 Å². The van der Waals surface area contributed by atoms with Crippen molar-refractivity contribution in [2.24, 2.45) is 0 Å². The van der Waals surface area contributed by atoms with Gasteiger partial charge in [0, 0.05) is 29.6 Å². The van der Waals surface area contributed by atoms with E-state index in [4.69, 9.17) is 0 Å². The van der Waals surface area contributed by atoms with E-state index in [2.05, 4.69) is 9.97 Å². The molecular weight excluding hydrogens is 354 g/mol. The van der Waals surface area contributed by atoms with Gasteiger partial charge in [-0.2, -0.15) is 0 Å². The Morgan fingerprint density at radius 1 is 1.04 bits per heavy atom. The summed E-state index contributed by atoms with van der Waals surface area (Å²) in [5.41, 5.74) is 1.87. The largest absolute Gasteiger partial charge is 0.872 e. The van der Waals surface area contributed by atoms with Crippen LogP contribution in [0.4, 0.5) is 0 Å². The number of amides is 1. The number of ketones is 1. The van der Waals surface area contributed by atoms with Gasteiger partial charge in [-0.05, 0) is 29.3 Å². The number of nitrogens with zero attached hydrogens (tertiary/aromatic N) is 2. The summed E-state index contributed by atoms with van der Waals surface area (Å²) in [6.45, 7) is 0.217. The van der Waals surface area contributed by atoms with Gasteiger partial charge in [-0.15, -0.1) is 0 Å². The van der Waals surface area contributed by atoms with Gasteiger partial charge in [0.25, 0.3) is 5.91 Å². The fourth-order valence-corrected chi connectivity index (χ4v) is 3.40. The second-order valence-electron chi connectivity index (χ2n) is 6.47. The first-order valence-electron chi connectivity index (χ1n) is 8.83. The van der Waals surface area contributed by atoms with Crippen LogP contribution in [0.5, 0.6) is 0 Å². The number of rotatable bonds is 4. The SMILES string of the molecule is O=C1C(=O)N(Cc2ccc[nH+]c2)C(c2ccccc2)C1=C([O-])c1ccncc1. The number of nitrogens with one attached hydrogen (secondary N) is 1. The van der Waals surface area contributed by atoms with Crippen LogP contribution in [0, 0.1) is 0 Å². The van der Waals surface area contributed by atoms with Crippen LogP contribution in [0.3, 0.4) is 0 Å². The third-order valence-corrected chi connectivity index (χ3v) is 4.71. The molecule has 6 nitrogen and oxygen atoms in total. The molecule has 1 unspecified atom stereocenters. The van der Waals surface area contributed by atoms with E-state index < -0.39 is 23.5 Å². The highest BCUT2D eigenvalue weighted by molar-refractivity contribution is 6.46. The fourth-order valence-electron chi connectivity index (χ4n) is 3.40. The van der Waals surface area contributed by atoms with Gasteiger partial charge in [0.15, 0.2) is 12.4 Å². The standard InChI is InChI=1S/C22H17N3O3/c26-20(17-8-11-23-12-9-17)18-19(16-6-2-1-3-7-16)25(22(28)21(18)27)14-15-5-4-10-24-13-15/h1-13,19,26H,14H2. The van der Waals surface area contributed by atoms with Crippen LogP contribution in [0.15, 0.2) is 85.0 Å². The van der Waals surface area contributed by atoms with Crippen molar-refractivity contribution < 1.29 is 19.7 Å². The average molecular weight is 371 g/mol. The quantitative estimate of drug-likeness (QED) is 0.393. The third kappa shape index (κ3) is 3.16. The van der Waals surface area contributed by atoms with Crippen molar-refractivity contribution in [2.45, 2.75) is 12.6 Å². The Morgan fingerprint density at radius 3 is 2.46 bits per heavy atom. The number of aromatic amines is 1. The Labute approximate surface area is 161 Å². The molecule has 1 aromatic carbocycles. The Hall–Kier alpha value is -3.80. The molecule has 28 heavy (non-hydrogen) atoms. The Balaban J connectivity index is 1.85. The maximum Gasteiger partial charge on any atom is 0.295 e. The number of H-pyrrole nitrogens is 1. The molecule has 0 aliphatic carbocycles. The Bertz CT molecular complexity index is 1030. The van der Waals surface area contributed by atoms with E-state index >= 15 is 0 Å². The first kappa shape index (κ1) is 17.6. The Kier molecular flexibility index (Phi) is 4.68. The predicted molar refractivity (Wildman–Crippen MR) is 98.9 cm³/mol. The second kappa shape index (κ2) is 7.44. The maximum absolute atomic E-state index is 13.1. The Morgan fingerprint density at radius 2 is 1.79 bits per heavy atom. The summed E-state index contributed by atoms with van der Waals surface area (Å²) in [6.07, 6.45) is 6.51. The lowest BCUT2D eigenvalue weighted by Crippen LogP contribution is -2.29. The van der Waals surface area contributed by atoms with Crippen LogP contribution in [-0.4, -0.2) is 21.6 Å². The molecule has 1 aliphatic rings. The van der Waals surface area contributed by atoms with Gasteiger partial charge in [0.05, 0.1) is 12.6 Å². The van der Waals surface area contributed by atoms with Crippen LogP contribution in [0.2, 0.25) is 0 Å². The first-order valence-corrected chi connectivity index (χ1v) is 8.83. The minimum absolute atomic E-state index is 0.0256. The summed E-state index contributed by atoms with van der Waals surface area (Å²) in [6, 6.07) is 15.2. The van der Waals surface area contributed by atoms with E-state index in [9.17, 15) is 14.7 Å². The molecule has 1 amide bonds. The molecule has 6 heteroatoms. The second-order valence-corrected chi connectivity index (χ2v) is 6.47. The minimum atomic E-state index is -0.754. The number of hydrogen-bond donors (Lipinski definition) is 0. The lowest BCUT2D eigenvalue weighted by Gasteiger charge is -2.27. The molecule has 1 aliphatic heterocycles. The number of likely N-dealkylation sites (tertiary alicyclic amines) is 1. The van der Waals surface area contributed by atoms with Gasteiger partial charge in [-0.3, -0.25) is 14.6 Å². The van der Waals surface area contributed by atoms with Crippen LogP contribution < -0.4 is 10.1 Å². The molecule has 138 valence electrons. The number of carbonyl (C=O) groups is 2. The van der Waals surface area contributed by atoms with E-state index in [1.807, 2.05) is 42.5 Å². The highest BCUT2D eigenvalue weighted by Gasteiger charge is 2.44. The smallest absolute Gasteiger partial charge is 0.295 e. The van der Waals surface area contributed by atoms with Crippen molar-refractivity contribution in [1.82, 2.24) is 9.88 Å². The number of carbonyl (C=O) groups excluding carboxylic acids is 2. The van der Waals surface area contributed by atoms with Crippen LogP contribution in [-0.2, 0) is 16.1 Å². The van der Waals surface area contributed by atoms with E-state index in [0.29, 0.717) is 5.56 Å². The average Bonchev–Trinajstić information content (AvgIpc) is 3.00. The minimum Gasteiger partial charge on any atom is -0.872 e. The number of aromatic nitrogens is 2. The highest BCUT2D eigenvalue weighted by Crippen LogP contribution is 2.39. The molecule has 0 bridgehead atoms. The molecular formula is C22H17N3O3. The lowest BCUT2D eigenvalue weighted by molar-refractivity contribution is -0.378. The van der Waals surface area contributed by atoms with Crippen molar-refractivity contribution in [1.29, 1.82) is 0 Å². The van der Waals surface area contributed by atoms with E-state index in [-0.39, 0.29) is 12.1 Å². The van der Waals surface area contributed by atoms with Crippen LogP contribution in [0.25, 0.3) is 5.76 Å². The summed E-state index contributed by atoms with van der Waals surface area (Å²) >= 11 is 0. The topological polar surface area (TPSA) is 87.5 Å². The normalized spacial score (nSPS) is 18.4. The predicted octanol–water partition coefficient (Wildman–Crippen LogP) is 1.32. The number of benzene rings is 1. The molecule has 3 aromatic rings. The van der Waals surface area contributed by atoms with Gasteiger partial charge in [0.2, 0.25) is 5.78 Å². The molecule has 0 spiro atoms. The van der Waals surface area contributed by atoms with Gasteiger partial charge >= 0.3 is 0 Å². The van der Waals surface area contributed by atoms with Crippen molar-refractivity contribution >= 4 is 17.4 Å². The fraction of sp³-hybridized carbons (Fsp3) is 0.0909. The molecule has 1 saturated heterocycles. The summed E-state index contributed by atoms with van der Waals surface area (Å²) in [5.74, 6) is -1.87. The maximum atomic E-state index is 13.1. The zero-order valence-electron chi connectivity index (χ0n) is 14.9. The van der Waals surface area contributed by atoms with E-state index in [0.717, 1.165) is 11.1 Å². The molecule has 2 aromatic heterocycles. The van der Waals surface area contributed by atoms with Crippen molar-refractivity contribution in [2.75, 3.05) is 0 Å². The molecule has 0 saturated carbocycles. The van der Waals surface area contributed by atoms with E-state index in [1.165, 1.54) is 17.3 Å². The first-order chi connectivity index (χ1) is 13.7. The van der Waals surface area contributed by atoms with Crippen molar-refractivity contribution in [3.05, 3.63) is 102 Å². The van der Waals surface area contributed by atoms with Crippen molar-refractivity contribution in [3.63, 3.8) is 0 Å². The number of hydrogen-bond acceptors (Lipinski definition) is 4. The zero-order chi connectivity index (χ0) is 19.5. The monoisotopic (exact) mass is 371 g/mol. The third-order valence-electron chi connectivity index (χ3n) is 4.71. The lowest BCUT2D eigenvalue weighted by atomic mass is 9.95. The summed E-state index contributed by atoms with van der Waals surface area (Å²) in [4.78, 5) is 34.0. The van der Waals surface area contributed by atoms with Gasteiger partial charge in [-0.1, -0.05) is 36.1 Å². The van der Waals surface area contributed by atoms with Crippen LogP contribution in [0.1, 0.15) is 22.7 Å². The molecule has 1 N–H and O–H groups in total. The highest BCUT2D eigenvalue weighted by atomic mass is 16.3. The molecule has 1 fully saturated rings. The zero-order valence-corrected chi connectivity index (χ0v) is 14.9. The number of Topliss-reactive ketones (excluding diaryl/α,β-unsaturated/α-hetero) is 1. The van der Waals surface area contributed by atoms with Gasteiger partial charge < -0.3 is 10.0 Å². The van der Waals surface area contributed by atoms with Crippen molar-refractivity contribution in [3.8, 4) is 0 Å². The molecule has 4 rings (SSSR count). The molecule has 0 radical (unpaired) electrons. The summed E-state index contributed by atoms with van der Waals surface area (Å²) in [7, 11) is 0. The van der Waals surface area contributed by atoms with E-state index in [1.54, 1.807) is 24.5 Å². The van der Waals surface area contributed by atoms with Crippen LogP contribution >= 0.6 is 0 Å².